The van der Waals surface area contributed by atoms with Gasteiger partial charge in [0.25, 0.3) is 0 Å². The van der Waals surface area contributed by atoms with Crippen LogP contribution in [0.5, 0.6) is 0 Å². The Kier molecular flexibility index (Phi) is 5.46. The maximum absolute atomic E-state index is 12.4. The normalized spacial score (nSPS) is 11.9. The maximum Gasteiger partial charge on any atom is 0.418 e. The molecule has 0 saturated heterocycles. The van der Waals surface area contributed by atoms with Crippen LogP contribution in [0.3, 0.4) is 0 Å². The zero-order chi connectivity index (χ0) is 15.5. The van der Waals surface area contributed by atoms with Gasteiger partial charge in [-0.05, 0) is 45.6 Å². The van der Waals surface area contributed by atoms with Gasteiger partial charge in [0.2, 0.25) is 0 Å². The third-order valence-electron chi connectivity index (χ3n) is 2.90. The highest BCUT2D eigenvalue weighted by Crippen LogP contribution is 2.20. The quantitative estimate of drug-likeness (QED) is 0.858. The van der Waals surface area contributed by atoms with Crippen LogP contribution in [0.4, 0.5) is 4.79 Å². The fourth-order valence-electron chi connectivity index (χ4n) is 2.04. The number of carbonyl (C=O) groups is 1. The highest BCUT2D eigenvalue weighted by atomic mass is 16.6. The molecule has 20 heavy (non-hydrogen) atoms. The number of aliphatic hydroxyl groups is 1. The predicted octanol–water partition coefficient (Wildman–Crippen LogP) is 2.11. The van der Waals surface area contributed by atoms with Gasteiger partial charge in [-0.2, -0.15) is 0 Å². The summed E-state index contributed by atoms with van der Waals surface area (Å²) in [5, 5.41) is 8.98. The molecule has 0 unspecified atom stereocenters. The van der Waals surface area contributed by atoms with E-state index in [1.165, 1.54) is 0 Å². The van der Waals surface area contributed by atoms with Crippen LogP contribution in [0.15, 0.2) is 6.07 Å². The number of ether oxygens (including phenoxy) is 1. The molecule has 0 spiro atoms. The van der Waals surface area contributed by atoms with Crippen molar-refractivity contribution >= 4 is 19.4 Å². The van der Waals surface area contributed by atoms with E-state index < -0.39 is 11.7 Å². The first-order valence-corrected chi connectivity index (χ1v) is 7.01. The largest absolute Gasteiger partial charge is 0.443 e. The highest BCUT2D eigenvalue weighted by Gasteiger charge is 2.24. The highest BCUT2D eigenvalue weighted by molar-refractivity contribution is 6.33. The molecule has 0 aliphatic heterocycles. The molecular weight excluding hydrogens is 253 g/mol. The Hall–Kier alpha value is -1.23. The first-order chi connectivity index (χ1) is 9.17. The van der Waals surface area contributed by atoms with Crippen molar-refractivity contribution in [3.8, 4) is 0 Å². The van der Waals surface area contributed by atoms with E-state index in [2.05, 4.69) is 0 Å². The number of aliphatic hydroxyl groups excluding tert-OH is 1. The zero-order valence-corrected chi connectivity index (χ0v) is 13.1. The van der Waals surface area contributed by atoms with Gasteiger partial charge in [-0.1, -0.05) is 19.3 Å². The summed E-state index contributed by atoms with van der Waals surface area (Å²) in [5.74, 6) is 0.160. The first kappa shape index (κ1) is 16.8. The molecule has 0 fully saturated rings. The minimum atomic E-state index is -0.557. The molecule has 1 aromatic heterocycles. The molecule has 1 aromatic rings. The number of nitrogens with zero attached hydrogens (tertiary/aromatic N) is 1. The average molecular weight is 277 g/mol. The fraction of sp³-hybridized carbons (Fsp3) is 0.667. The Balaban J connectivity index is 3.21. The molecule has 0 bridgehead atoms. The van der Waals surface area contributed by atoms with Gasteiger partial charge in [-0.15, -0.1) is 0 Å². The van der Waals surface area contributed by atoms with Crippen molar-refractivity contribution in [1.82, 2.24) is 4.57 Å². The van der Waals surface area contributed by atoms with Crippen molar-refractivity contribution in [2.75, 3.05) is 6.61 Å². The lowest BCUT2D eigenvalue weighted by Crippen LogP contribution is -2.30. The van der Waals surface area contributed by atoms with Gasteiger partial charge in [0.05, 0.1) is 0 Å². The second-order valence-electron chi connectivity index (χ2n) is 6.27. The number of carbonyl (C=O) groups excluding carboxylic acids is 1. The molecular formula is C15H24BNO3. The summed E-state index contributed by atoms with van der Waals surface area (Å²) >= 11 is 0. The van der Waals surface area contributed by atoms with Crippen LogP contribution in [-0.2, 0) is 11.2 Å². The molecule has 1 heterocycles. The Morgan fingerprint density at radius 1 is 1.45 bits per heavy atom. The minimum absolute atomic E-state index is 0.0654. The molecule has 2 radical (unpaired) electrons. The van der Waals surface area contributed by atoms with Gasteiger partial charge < -0.3 is 9.84 Å². The average Bonchev–Trinajstić information content (AvgIpc) is 2.61. The smallest absolute Gasteiger partial charge is 0.418 e. The Morgan fingerprint density at radius 2 is 2.05 bits per heavy atom. The lowest BCUT2D eigenvalue weighted by molar-refractivity contribution is 0.0527. The number of hydrogen-bond acceptors (Lipinski definition) is 3. The summed E-state index contributed by atoms with van der Waals surface area (Å²) in [4.78, 5) is 12.4. The fourth-order valence-corrected chi connectivity index (χ4v) is 2.04. The number of aromatic nitrogens is 1. The zero-order valence-electron chi connectivity index (χ0n) is 13.1. The summed E-state index contributed by atoms with van der Waals surface area (Å²) in [6.45, 7) is 9.58. The van der Waals surface area contributed by atoms with Crippen molar-refractivity contribution < 1.29 is 14.6 Å². The third kappa shape index (κ3) is 4.13. The Labute approximate surface area is 122 Å². The van der Waals surface area contributed by atoms with E-state index in [1.54, 1.807) is 4.57 Å². The lowest BCUT2D eigenvalue weighted by atomic mass is 9.93. The first-order valence-electron chi connectivity index (χ1n) is 7.01. The van der Waals surface area contributed by atoms with Crippen LogP contribution < -0.4 is 5.46 Å². The molecule has 110 valence electrons. The van der Waals surface area contributed by atoms with E-state index in [4.69, 9.17) is 17.7 Å². The summed E-state index contributed by atoms with van der Waals surface area (Å²) in [6, 6.07) is 1.82. The SMILES string of the molecule is [B]c1cc(C(C)C)n(C(=O)OC(C)(C)C)c1CCCO. The standard InChI is InChI=1S/C15H24BNO3/c1-10(2)13-9-11(16)12(7-6-8-18)17(13)14(19)20-15(3,4)5/h9-10,18H,6-8H2,1-5H3. The molecule has 5 heteroatoms. The second kappa shape index (κ2) is 6.48. The van der Waals surface area contributed by atoms with Crippen molar-refractivity contribution in [2.24, 2.45) is 0 Å². The van der Waals surface area contributed by atoms with Crippen LogP contribution in [0, 0.1) is 0 Å². The van der Waals surface area contributed by atoms with Gasteiger partial charge in [-0.25, -0.2) is 4.79 Å². The third-order valence-corrected chi connectivity index (χ3v) is 2.90. The van der Waals surface area contributed by atoms with E-state index in [-0.39, 0.29) is 12.5 Å². The predicted molar refractivity (Wildman–Crippen MR) is 80.9 cm³/mol. The summed E-state index contributed by atoms with van der Waals surface area (Å²) in [5.41, 5.74) is 1.58. The van der Waals surface area contributed by atoms with Crippen LogP contribution in [-0.4, -0.2) is 35.8 Å². The summed E-state index contributed by atoms with van der Waals surface area (Å²) < 4.78 is 7.01. The molecule has 0 aromatic carbocycles. The summed E-state index contributed by atoms with van der Waals surface area (Å²) in [6.07, 6.45) is 0.703. The van der Waals surface area contributed by atoms with Gasteiger partial charge in [0.1, 0.15) is 13.4 Å². The van der Waals surface area contributed by atoms with Crippen molar-refractivity contribution in [1.29, 1.82) is 0 Å². The number of rotatable bonds is 4. The Bertz CT molecular complexity index is 472. The van der Waals surface area contributed by atoms with E-state index in [9.17, 15) is 4.79 Å². The van der Waals surface area contributed by atoms with Gasteiger partial charge in [0, 0.05) is 18.0 Å². The van der Waals surface area contributed by atoms with Crippen LogP contribution in [0.1, 0.15) is 58.3 Å². The van der Waals surface area contributed by atoms with Gasteiger partial charge in [0.15, 0.2) is 0 Å². The van der Waals surface area contributed by atoms with E-state index in [0.29, 0.717) is 18.3 Å². The molecule has 0 atom stereocenters. The topological polar surface area (TPSA) is 51.5 Å². The molecule has 0 amide bonds. The molecule has 0 aliphatic rings. The van der Waals surface area contributed by atoms with E-state index in [1.807, 2.05) is 40.7 Å². The van der Waals surface area contributed by atoms with E-state index in [0.717, 1.165) is 11.4 Å². The second-order valence-corrected chi connectivity index (χ2v) is 6.27. The van der Waals surface area contributed by atoms with Crippen molar-refractivity contribution in [2.45, 2.75) is 59.0 Å². The van der Waals surface area contributed by atoms with Crippen molar-refractivity contribution in [3.05, 3.63) is 17.5 Å². The molecule has 1 rings (SSSR count). The van der Waals surface area contributed by atoms with Crippen molar-refractivity contribution in [3.63, 3.8) is 0 Å². The maximum atomic E-state index is 12.4. The number of hydrogen-bond donors (Lipinski definition) is 1. The molecule has 0 saturated carbocycles. The van der Waals surface area contributed by atoms with E-state index >= 15 is 0 Å². The Morgan fingerprint density at radius 3 is 2.50 bits per heavy atom. The lowest BCUT2D eigenvalue weighted by Gasteiger charge is -2.22. The van der Waals surface area contributed by atoms with Gasteiger partial charge in [-0.3, -0.25) is 4.57 Å². The van der Waals surface area contributed by atoms with Crippen LogP contribution in [0.2, 0.25) is 0 Å². The van der Waals surface area contributed by atoms with Crippen LogP contribution in [0.25, 0.3) is 0 Å². The van der Waals surface area contributed by atoms with Crippen LogP contribution >= 0.6 is 0 Å². The minimum Gasteiger partial charge on any atom is -0.443 e. The monoisotopic (exact) mass is 277 g/mol. The molecule has 4 nitrogen and oxygen atoms in total. The molecule has 1 N–H and O–H groups in total. The molecule has 0 aliphatic carbocycles. The summed E-state index contributed by atoms with van der Waals surface area (Å²) in [7, 11) is 6.01. The van der Waals surface area contributed by atoms with Gasteiger partial charge >= 0.3 is 6.09 Å².